The van der Waals surface area contributed by atoms with Crippen molar-refractivity contribution in [2.24, 2.45) is 5.73 Å². The number of aromatic amines is 1. The molecule has 4 aromatic heterocycles. The van der Waals surface area contributed by atoms with Gasteiger partial charge in [0.2, 0.25) is 0 Å². The summed E-state index contributed by atoms with van der Waals surface area (Å²) in [7, 11) is 0. The molecule has 0 atom stereocenters. The summed E-state index contributed by atoms with van der Waals surface area (Å²) in [6.45, 7) is 3.88. The number of aromatic nitrogens is 5. The normalized spacial score (nSPS) is 14.2. The van der Waals surface area contributed by atoms with Crippen LogP contribution in [-0.2, 0) is 5.54 Å². The zero-order chi connectivity index (χ0) is 22.6. The Balaban J connectivity index is 1.70. The number of nitrogens with zero attached hydrogens (tertiary/aromatic N) is 4. The predicted octanol–water partition coefficient (Wildman–Crippen LogP) is 4.75. The molecule has 164 valence electrons. The Morgan fingerprint density at radius 3 is 2.24 bits per heavy atom. The molecule has 1 saturated carbocycles. The Hall–Kier alpha value is -3.84. The summed E-state index contributed by atoms with van der Waals surface area (Å²) in [5.74, 6) is 2.24. The smallest absolute Gasteiger partial charge is 0.141 e. The zero-order valence-electron chi connectivity index (χ0n) is 18.5. The van der Waals surface area contributed by atoms with Gasteiger partial charge in [0.25, 0.3) is 0 Å². The van der Waals surface area contributed by atoms with Gasteiger partial charge in [0.15, 0.2) is 0 Å². The van der Waals surface area contributed by atoms with E-state index in [1.807, 2.05) is 50.2 Å². The molecule has 1 aromatic carbocycles. The molecule has 0 amide bonds. The van der Waals surface area contributed by atoms with Crippen LogP contribution in [0.5, 0.6) is 0 Å². The molecular formula is C26H24N6O. The minimum Gasteiger partial charge on any atom is -0.361 e. The molecule has 0 saturated heterocycles. The molecule has 33 heavy (non-hydrogen) atoms. The Morgan fingerprint density at radius 2 is 1.70 bits per heavy atom. The third kappa shape index (κ3) is 3.15. The van der Waals surface area contributed by atoms with Gasteiger partial charge in [-0.2, -0.15) is 0 Å². The lowest BCUT2D eigenvalue weighted by Gasteiger charge is -2.30. The summed E-state index contributed by atoms with van der Waals surface area (Å²) < 4.78 is 5.48. The van der Waals surface area contributed by atoms with Gasteiger partial charge < -0.3 is 15.2 Å². The lowest BCUT2D eigenvalue weighted by molar-refractivity contribution is 0.393. The number of hydrogen-bond acceptors (Lipinski definition) is 6. The highest BCUT2D eigenvalue weighted by Crippen LogP contribution is 2.43. The second kappa shape index (κ2) is 7.35. The van der Waals surface area contributed by atoms with E-state index < -0.39 is 5.54 Å². The number of fused-ring (bicyclic) bond motifs is 1. The molecule has 0 radical (unpaired) electrons. The third-order valence-corrected chi connectivity index (χ3v) is 6.45. The first-order valence-corrected chi connectivity index (χ1v) is 11.1. The SMILES string of the molecule is Cc1noc(C)c1-c1cc(C(N)(c2ccccn2)c2ccccn2)c2nc(C3CC3)[nH]c2c1. The monoisotopic (exact) mass is 436 g/mol. The van der Waals surface area contributed by atoms with E-state index >= 15 is 0 Å². The highest BCUT2D eigenvalue weighted by atomic mass is 16.5. The topological polar surface area (TPSA) is 107 Å². The van der Waals surface area contributed by atoms with Gasteiger partial charge in [0, 0.05) is 29.4 Å². The first-order valence-electron chi connectivity index (χ1n) is 11.1. The molecule has 4 heterocycles. The Morgan fingerprint density at radius 1 is 1.00 bits per heavy atom. The van der Waals surface area contributed by atoms with Crippen LogP contribution in [0, 0.1) is 13.8 Å². The van der Waals surface area contributed by atoms with E-state index in [0.29, 0.717) is 17.3 Å². The maximum Gasteiger partial charge on any atom is 0.141 e. The fraction of sp³-hybridized carbons (Fsp3) is 0.231. The van der Waals surface area contributed by atoms with Crippen molar-refractivity contribution in [1.29, 1.82) is 0 Å². The van der Waals surface area contributed by atoms with E-state index in [9.17, 15) is 0 Å². The second-order valence-electron chi connectivity index (χ2n) is 8.75. The van der Waals surface area contributed by atoms with Crippen LogP contribution >= 0.6 is 0 Å². The largest absolute Gasteiger partial charge is 0.361 e. The van der Waals surface area contributed by atoms with Crippen molar-refractivity contribution in [3.8, 4) is 11.1 Å². The van der Waals surface area contributed by atoms with E-state index in [1.165, 1.54) is 0 Å². The average molecular weight is 437 g/mol. The lowest BCUT2D eigenvalue weighted by Crippen LogP contribution is -2.41. The summed E-state index contributed by atoms with van der Waals surface area (Å²) >= 11 is 0. The molecule has 1 aliphatic rings. The molecule has 0 spiro atoms. The van der Waals surface area contributed by atoms with E-state index in [2.05, 4.69) is 32.2 Å². The maximum absolute atomic E-state index is 7.31. The van der Waals surface area contributed by atoms with Crippen LogP contribution in [0.4, 0.5) is 0 Å². The Bertz CT molecular complexity index is 1390. The molecule has 7 nitrogen and oxygen atoms in total. The van der Waals surface area contributed by atoms with Gasteiger partial charge in [-0.25, -0.2) is 4.98 Å². The van der Waals surface area contributed by atoms with Crippen LogP contribution in [0.1, 0.15) is 53.0 Å². The maximum atomic E-state index is 7.31. The average Bonchev–Trinajstić information content (AvgIpc) is 3.53. The van der Waals surface area contributed by atoms with Crippen molar-refractivity contribution in [3.63, 3.8) is 0 Å². The highest BCUT2D eigenvalue weighted by Gasteiger charge is 2.38. The predicted molar refractivity (Wildman–Crippen MR) is 126 cm³/mol. The van der Waals surface area contributed by atoms with E-state index in [0.717, 1.165) is 57.8 Å². The summed E-state index contributed by atoms with van der Waals surface area (Å²) in [5.41, 5.74) is 13.0. The van der Waals surface area contributed by atoms with Crippen molar-refractivity contribution in [2.75, 3.05) is 0 Å². The molecule has 0 bridgehead atoms. The van der Waals surface area contributed by atoms with Crippen molar-refractivity contribution in [1.82, 2.24) is 25.1 Å². The summed E-state index contributed by atoms with van der Waals surface area (Å²) in [6, 6.07) is 15.8. The number of nitrogens with two attached hydrogens (primary N) is 1. The number of hydrogen-bond donors (Lipinski definition) is 2. The van der Waals surface area contributed by atoms with Crippen molar-refractivity contribution >= 4 is 11.0 Å². The van der Waals surface area contributed by atoms with Crippen molar-refractivity contribution in [3.05, 3.63) is 95.2 Å². The molecule has 7 heteroatoms. The van der Waals surface area contributed by atoms with Crippen LogP contribution in [0.2, 0.25) is 0 Å². The first-order chi connectivity index (χ1) is 16.1. The number of imidazole rings is 1. The van der Waals surface area contributed by atoms with Gasteiger partial charge in [-0.3, -0.25) is 9.97 Å². The van der Waals surface area contributed by atoms with E-state index in [1.54, 1.807) is 12.4 Å². The molecular weight excluding hydrogens is 412 g/mol. The summed E-state index contributed by atoms with van der Waals surface area (Å²) in [6.07, 6.45) is 5.82. The van der Waals surface area contributed by atoms with Crippen LogP contribution in [0.15, 0.2) is 65.4 Å². The Kier molecular flexibility index (Phi) is 4.41. The molecule has 1 aliphatic carbocycles. The molecule has 3 N–H and O–H groups in total. The standard InChI is InChI=1S/C26H24N6O/c1-15-23(16(2)33-32-15)18-13-19(24-20(14-18)30-25(31-24)17-9-10-17)26(27,21-7-3-5-11-28-21)22-8-4-6-12-29-22/h3-8,11-14,17H,9-10,27H2,1-2H3,(H,30,31). The summed E-state index contributed by atoms with van der Waals surface area (Å²) in [5, 5.41) is 4.17. The number of aryl methyl sites for hydroxylation is 2. The number of H-pyrrole nitrogens is 1. The quantitative estimate of drug-likeness (QED) is 0.412. The van der Waals surface area contributed by atoms with Crippen LogP contribution < -0.4 is 5.73 Å². The van der Waals surface area contributed by atoms with Gasteiger partial charge in [-0.1, -0.05) is 17.3 Å². The number of pyridine rings is 2. The van der Waals surface area contributed by atoms with Crippen LogP contribution in [0.25, 0.3) is 22.2 Å². The fourth-order valence-electron chi connectivity index (χ4n) is 4.63. The Labute approximate surface area is 191 Å². The number of nitrogens with one attached hydrogen (secondary N) is 1. The number of rotatable bonds is 5. The van der Waals surface area contributed by atoms with Gasteiger partial charge in [0.05, 0.1) is 28.1 Å². The fourth-order valence-corrected chi connectivity index (χ4v) is 4.63. The van der Waals surface area contributed by atoms with Crippen molar-refractivity contribution < 1.29 is 4.52 Å². The minimum atomic E-state index is -1.11. The molecule has 6 rings (SSSR count). The molecule has 5 aromatic rings. The van der Waals surface area contributed by atoms with Crippen molar-refractivity contribution in [2.45, 2.75) is 38.1 Å². The van der Waals surface area contributed by atoms with Gasteiger partial charge in [-0.15, -0.1) is 0 Å². The molecule has 1 fully saturated rings. The second-order valence-corrected chi connectivity index (χ2v) is 8.75. The van der Waals surface area contributed by atoms with Gasteiger partial charge >= 0.3 is 0 Å². The van der Waals surface area contributed by atoms with Gasteiger partial charge in [-0.05, 0) is 68.7 Å². The minimum absolute atomic E-state index is 0.477. The third-order valence-electron chi connectivity index (χ3n) is 6.45. The highest BCUT2D eigenvalue weighted by molar-refractivity contribution is 5.88. The van der Waals surface area contributed by atoms with E-state index in [-0.39, 0.29) is 0 Å². The summed E-state index contributed by atoms with van der Waals surface area (Å²) in [4.78, 5) is 17.9. The van der Waals surface area contributed by atoms with Gasteiger partial charge in [0.1, 0.15) is 17.1 Å². The van der Waals surface area contributed by atoms with Crippen LogP contribution in [0.3, 0.4) is 0 Å². The number of benzene rings is 1. The molecule has 0 unspecified atom stereocenters. The molecule has 0 aliphatic heterocycles. The lowest BCUT2D eigenvalue weighted by atomic mass is 9.81. The zero-order valence-corrected chi connectivity index (χ0v) is 18.5. The van der Waals surface area contributed by atoms with E-state index in [4.69, 9.17) is 15.2 Å². The van der Waals surface area contributed by atoms with Crippen LogP contribution in [-0.4, -0.2) is 25.1 Å². The first kappa shape index (κ1) is 19.8.